The van der Waals surface area contributed by atoms with Crippen molar-refractivity contribution in [3.8, 4) is 0 Å². The minimum atomic E-state index is -0.349. The van der Waals surface area contributed by atoms with Gasteiger partial charge < -0.3 is 26.2 Å². The number of halogens is 1. The number of rotatable bonds is 14. The molecule has 8 nitrogen and oxygen atoms in total. The number of nitrogens with one attached hydrogen (secondary N) is 2. The third-order valence-electron chi connectivity index (χ3n) is 7.33. The van der Waals surface area contributed by atoms with Crippen molar-refractivity contribution in [1.82, 2.24) is 14.8 Å². The van der Waals surface area contributed by atoms with Crippen LogP contribution in [0.3, 0.4) is 0 Å². The monoisotopic (exact) mass is 592 g/mol. The summed E-state index contributed by atoms with van der Waals surface area (Å²) in [5.74, 6) is -0.0597. The molecule has 0 fully saturated rings. The quantitative estimate of drug-likeness (QED) is 0.169. The summed E-state index contributed by atoms with van der Waals surface area (Å²) in [7, 11) is 0. The molecule has 0 saturated heterocycles. The van der Waals surface area contributed by atoms with E-state index >= 15 is 0 Å². The minimum absolute atomic E-state index is 0.193. The van der Waals surface area contributed by atoms with Gasteiger partial charge in [0.25, 0.3) is 5.91 Å². The van der Waals surface area contributed by atoms with Crippen molar-refractivity contribution in [3.05, 3.63) is 82.1 Å². The van der Waals surface area contributed by atoms with Crippen LogP contribution < -0.4 is 16.4 Å². The summed E-state index contributed by atoms with van der Waals surface area (Å²) in [4.78, 5) is 34.9. The second-order valence-electron chi connectivity index (χ2n) is 10.8. The van der Waals surface area contributed by atoms with Crippen LogP contribution in [0.1, 0.15) is 80.6 Å². The highest BCUT2D eigenvalue weighted by Crippen LogP contribution is 2.31. The summed E-state index contributed by atoms with van der Waals surface area (Å²) in [6.07, 6.45) is 4.27. The zero-order chi connectivity index (χ0) is 30.6. The number of carbonyl (C=O) groups is 2. The summed E-state index contributed by atoms with van der Waals surface area (Å²) < 4.78 is 0. The Kier molecular flexibility index (Phi) is 12.6. The van der Waals surface area contributed by atoms with E-state index in [0.29, 0.717) is 29.5 Å². The van der Waals surface area contributed by atoms with E-state index in [1.807, 2.05) is 18.2 Å². The lowest BCUT2D eigenvalue weighted by Crippen LogP contribution is -2.37. The maximum absolute atomic E-state index is 13.7. The molecule has 3 amide bonds. The van der Waals surface area contributed by atoms with Crippen molar-refractivity contribution >= 4 is 40.6 Å². The van der Waals surface area contributed by atoms with E-state index in [4.69, 9.17) is 17.3 Å². The van der Waals surface area contributed by atoms with E-state index in [9.17, 15) is 9.59 Å². The highest BCUT2D eigenvalue weighted by molar-refractivity contribution is 6.31. The number of carbonyl (C=O) groups excluding carboxylic acids is 2. The number of anilines is 3. The number of aryl methyl sites for hydroxylation is 1. The Balaban J connectivity index is 1.78. The van der Waals surface area contributed by atoms with Crippen molar-refractivity contribution in [2.45, 2.75) is 66.3 Å². The van der Waals surface area contributed by atoms with Crippen LogP contribution in [0.4, 0.5) is 21.9 Å². The van der Waals surface area contributed by atoms with Gasteiger partial charge in [0.05, 0.1) is 11.4 Å². The Bertz CT molecular complexity index is 1320. The van der Waals surface area contributed by atoms with Gasteiger partial charge in [-0.3, -0.25) is 9.78 Å². The first-order chi connectivity index (χ1) is 20.2. The first kappa shape index (κ1) is 32.9. The molecule has 9 heteroatoms. The average Bonchev–Trinajstić information content (AvgIpc) is 2.97. The summed E-state index contributed by atoms with van der Waals surface area (Å²) >= 11 is 6.62. The van der Waals surface area contributed by atoms with Gasteiger partial charge in [0, 0.05) is 30.0 Å². The van der Waals surface area contributed by atoms with Crippen molar-refractivity contribution in [3.63, 3.8) is 0 Å². The molecule has 42 heavy (non-hydrogen) atoms. The number of hydrogen-bond donors (Lipinski definition) is 3. The Morgan fingerprint density at radius 1 is 0.976 bits per heavy atom. The van der Waals surface area contributed by atoms with Crippen molar-refractivity contribution in [2.75, 3.05) is 42.5 Å². The van der Waals surface area contributed by atoms with E-state index in [-0.39, 0.29) is 23.6 Å². The average molecular weight is 593 g/mol. The summed E-state index contributed by atoms with van der Waals surface area (Å²) in [6.45, 7) is 14.4. The van der Waals surface area contributed by atoms with E-state index in [1.165, 1.54) is 0 Å². The molecule has 0 aliphatic heterocycles. The second kappa shape index (κ2) is 16.1. The predicted octanol–water partition coefficient (Wildman–Crippen LogP) is 7.41. The second-order valence-corrected chi connectivity index (χ2v) is 11.2. The molecule has 4 N–H and O–H groups in total. The maximum atomic E-state index is 13.7. The molecule has 1 heterocycles. The van der Waals surface area contributed by atoms with Gasteiger partial charge in [-0.25, -0.2) is 4.79 Å². The smallest absolute Gasteiger partial charge is 0.322 e. The van der Waals surface area contributed by atoms with Gasteiger partial charge in [-0.2, -0.15) is 0 Å². The van der Waals surface area contributed by atoms with Crippen molar-refractivity contribution in [1.29, 1.82) is 0 Å². The van der Waals surface area contributed by atoms with Gasteiger partial charge in [0.1, 0.15) is 5.69 Å². The third kappa shape index (κ3) is 9.19. The fourth-order valence-corrected chi connectivity index (χ4v) is 5.20. The number of hydrogen-bond acceptors (Lipinski definition) is 5. The number of nitrogens with zero attached hydrogens (tertiary/aromatic N) is 3. The van der Waals surface area contributed by atoms with Crippen LogP contribution in [0.5, 0.6) is 0 Å². The van der Waals surface area contributed by atoms with Crippen LogP contribution in [0, 0.1) is 0 Å². The molecule has 1 aromatic heterocycles. The van der Waals surface area contributed by atoms with E-state index in [1.54, 1.807) is 35.4 Å². The molecule has 226 valence electrons. The number of aromatic nitrogens is 1. The van der Waals surface area contributed by atoms with Crippen LogP contribution in [-0.4, -0.2) is 52.9 Å². The number of nitrogens with two attached hydrogens (primary N) is 1. The highest BCUT2D eigenvalue weighted by atomic mass is 35.5. The molecule has 0 bridgehead atoms. The number of pyridine rings is 1. The first-order valence-electron chi connectivity index (χ1n) is 14.9. The Hall–Kier alpha value is -3.62. The molecule has 3 aromatic rings. The fraction of sp³-hybridized carbons (Fsp3) is 0.424. The Labute approximate surface area is 255 Å². The summed E-state index contributed by atoms with van der Waals surface area (Å²) in [5.41, 5.74) is 11.0. The van der Waals surface area contributed by atoms with Crippen molar-refractivity contribution < 1.29 is 9.59 Å². The lowest BCUT2D eigenvalue weighted by atomic mass is 9.97. The molecular formula is C33H45ClN6O2. The van der Waals surface area contributed by atoms with Crippen LogP contribution in [0.2, 0.25) is 5.02 Å². The van der Waals surface area contributed by atoms with E-state index < -0.39 is 0 Å². The van der Waals surface area contributed by atoms with Gasteiger partial charge in [0.2, 0.25) is 0 Å². The molecule has 0 unspecified atom stereocenters. The molecule has 0 radical (unpaired) electrons. The van der Waals surface area contributed by atoms with Crippen LogP contribution in [-0.2, 0) is 13.0 Å². The minimum Gasteiger partial charge on any atom is -0.397 e. The van der Waals surface area contributed by atoms with Gasteiger partial charge in [-0.05, 0) is 79.3 Å². The summed E-state index contributed by atoms with van der Waals surface area (Å²) in [5, 5.41) is 6.60. The molecule has 0 aliphatic carbocycles. The van der Waals surface area contributed by atoms with Gasteiger partial charge in [-0.15, -0.1) is 0 Å². The predicted molar refractivity (Wildman–Crippen MR) is 174 cm³/mol. The number of nitrogen functional groups attached to an aromatic ring is 1. The van der Waals surface area contributed by atoms with Crippen LogP contribution in [0.25, 0.3) is 0 Å². The van der Waals surface area contributed by atoms with Gasteiger partial charge >= 0.3 is 6.03 Å². The molecule has 0 saturated carbocycles. The SMILES string of the molecule is CCCc1cc(C(C)C)c(Cl)cc1NC(=O)N(CCCN(CC)CC)Cc1ccc(C(=O)Nc2ccccc2N)nc1. The zero-order valence-electron chi connectivity index (χ0n) is 25.5. The Morgan fingerprint density at radius 3 is 2.33 bits per heavy atom. The van der Waals surface area contributed by atoms with Crippen molar-refractivity contribution in [2.24, 2.45) is 0 Å². The first-order valence-corrected chi connectivity index (χ1v) is 15.3. The lowest BCUT2D eigenvalue weighted by molar-refractivity contribution is 0.102. The summed E-state index contributed by atoms with van der Waals surface area (Å²) in [6, 6.07) is 14.4. The normalized spacial score (nSPS) is 11.1. The highest BCUT2D eigenvalue weighted by Gasteiger charge is 2.19. The molecule has 0 atom stereocenters. The lowest BCUT2D eigenvalue weighted by Gasteiger charge is -2.26. The maximum Gasteiger partial charge on any atom is 0.322 e. The number of benzene rings is 2. The molecular weight excluding hydrogens is 548 g/mol. The van der Waals surface area contributed by atoms with E-state index in [0.717, 1.165) is 61.3 Å². The Morgan fingerprint density at radius 2 is 1.71 bits per heavy atom. The number of urea groups is 1. The van der Waals surface area contributed by atoms with Gasteiger partial charge in [-0.1, -0.05) is 76.9 Å². The topological polar surface area (TPSA) is 104 Å². The number of amides is 3. The molecule has 2 aromatic carbocycles. The fourth-order valence-electron chi connectivity index (χ4n) is 4.81. The van der Waals surface area contributed by atoms with E-state index in [2.05, 4.69) is 61.2 Å². The molecule has 3 rings (SSSR count). The van der Waals surface area contributed by atoms with Gasteiger partial charge in [0.15, 0.2) is 0 Å². The zero-order valence-corrected chi connectivity index (χ0v) is 26.3. The number of para-hydroxylation sites is 2. The molecule has 0 aliphatic rings. The molecule has 0 spiro atoms. The standard InChI is InChI=1S/C33H45ClN6O2/c1-6-12-25-19-26(23(4)5)27(34)20-31(25)38-33(42)40(18-11-17-39(7-2)8-3)22-24-15-16-30(36-21-24)32(41)37-29-14-10-9-13-28(29)35/h9-10,13-16,19-21,23H,6-8,11-12,17-18,22,35H2,1-5H3,(H,37,41)(H,38,42). The van der Waals surface area contributed by atoms with Crippen LogP contribution in [0.15, 0.2) is 54.7 Å². The third-order valence-corrected chi connectivity index (χ3v) is 7.66. The van der Waals surface area contributed by atoms with Crippen LogP contribution >= 0.6 is 11.6 Å². The largest absolute Gasteiger partial charge is 0.397 e.